The van der Waals surface area contributed by atoms with Gasteiger partial charge in [-0.3, -0.25) is 14.5 Å². The Kier molecular flexibility index (Phi) is 3.55. The molecule has 2 heterocycles. The number of nitrogens with one attached hydrogen (secondary N) is 1. The van der Waals surface area contributed by atoms with Crippen molar-refractivity contribution in [3.8, 4) is 0 Å². The van der Waals surface area contributed by atoms with E-state index in [1.807, 2.05) is 13.0 Å². The molecule has 6 heteroatoms. The van der Waals surface area contributed by atoms with Gasteiger partial charge >= 0.3 is 0 Å². The number of aromatic nitrogens is 2. The summed E-state index contributed by atoms with van der Waals surface area (Å²) in [6.45, 7) is 2.01. The van der Waals surface area contributed by atoms with Gasteiger partial charge in [-0.15, -0.1) is 0 Å². The third kappa shape index (κ3) is 2.64. The van der Waals surface area contributed by atoms with Crippen molar-refractivity contribution >= 4 is 17.6 Å². The van der Waals surface area contributed by atoms with Gasteiger partial charge in [0.05, 0.1) is 6.54 Å². The molecule has 1 aromatic rings. The van der Waals surface area contributed by atoms with E-state index in [0.717, 1.165) is 5.69 Å². The van der Waals surface area contributed by atoms with E-state index >= 15 is 0 Å². The van der Waals surface area contributed by atoms with Crippen LogP contribution < -0.4 is 5.32 Å². The Morgan fingerprint density at radius 2 is 1.94 bits per heavy atom. The minimum Gasteiger partial charge on any atom is -0.373 e. The second kappa shape index (κ2) is 5.12. The van der Waals surface area contributed by atoms with Crippen LogP contribution in [-0.2, 0) is 16.1 Å². The molecular formula is C12H16N4O2. The lowest BCUT2D eigenvalue weighted by Crippen LogP contribution is -2.39. The lowest BCUT2D eigenvalue weighted by atomic mass is 10.1. The number of carbonyl (C=O) groups is 2. The van der Waals surface area contributed by atoms with Gasteiger partial charge in [-0.05, 0) is 13.3 Å². The molecule has 1 N–H and O–H groups in total. The van der Waals surface area contributed by atoms with E-state index in [2.05, 4.69) is 15.3 Å². The van der Waals surface area contributed by atoms with Crippen LogP contribution in [0, 0.1) is 6.92 Å². The number of nitrogens with zero attached hydrogens (tertiary/aromatic N) is 3. The number of likely N-dealkylation sites (tertiary alicyclic amines) is 1. The van der Waals surface area contributed by atoms with Crippen molar-refractivity contribution < 1.29 is 9.59 Å². The molecule has 18 heavy (non-hydrogen) atoms. The topological polar surface area (TPSA) is 75.2 Å². The Balaban J connectivity index is 2.19. The molecule has 0 unspecified atom stereocenters. The average Bonchev–Trinajstić information content (AvgIpc) is 2.33. The van der Waals surface area contributed by atoms with Crippen molar-refractivity contribution in [2.24, 2.45) is 0 Å². The van der Waals surface area contributed by atoms with Crippen LogP contribution in [0.2, 0.25) is 0 Å². The van der Waals surface area contributed by atoms with E-state index in [1.54, 1.807) is 7.05 Å². The van der Waals surface area contributed by atoms with Crippen molar-refractivity contribution in [1.29, 1.82) is 0 Å². The van der Waals surface area contributed by atoms with Crippen molar-refractivity contribution in [3.63, 3.8) is 0 Å². The molecule has 96 valence electrons. The van der Waals surface area contributed by atoms with Gasteiger partial charge in [0.15, 0.2) is 5.82 Å². The second-order valence-corrected chi connectivity index (χ2v) is 4.29. The third-order valence-electron chi connectivity index (χ3n) is 2.84. The molecule has 0 aromatic carbocycles. The molecule has 0 saturated carbocycles. The molecule has 0 atom stereocenters. The summed E-state index contributed by atoms with van der Waals surface area (Å²) in [6, 6.07) is 1.81. The first kappa shape index (κ1) is 12.5. The SMILES string of the molecule is CNc1cc(C)nc(CN2C(=O)CCCC2=O)n1. The van der Waals surface area contributed by atoms with E-state index in [-0.39, 0.29) is 18.4 Å². The maximum atomic E-state index is 11.7. The van der Waals surface area contributed by atoms with Crippen molar-refractivity contribution in [1.82, 2.24) is 14.9 Å². The highest BCUT2D eigenvalue weighted by atomic mass is 16.2. The smallest absolute Gasteiger partial charge is 0.229 e. The molecule has 1 aliphatic rings. The first-order valence-corrected chi connectivity index (χ1v) is 5.95. The minimum absolute atomic E-state index is 0.137. The Morgan fingerprint density at radius 1 is 1.28 bits per heavy atom. The van der Waals surface area contributed by atoms with Crippen LogP contribution >= 0.6 is 0 Å². The molecule has 0 radical (unpaired) electrons. The minimum atomic E-state index is -0.137. The number of hydrogen-bond acceptors (Lipinski definition) is 5. The molecule has 1 aliphatic heterocycles. The summed E-state index contributed by atoms with van der Waals surface area (Å²) in [4.78, 5) is 33.1. The molecule has 0 spiro atoms. The fourth-order valence-corrected chi connectivity index (χ4v) is 1.95. The monoisotopic (exact) mass is 248 g/mol. The number of hydrogen-bond donors (Lipinski definition) is 1. The van der Waals surface area contributed by atoms with Crippen LogP contribution in [-0.4, -0.2) is 33.7 Å². The van der Waals surface area contributed by atoms with Crippen LogP contribution in [0.1, 0.15) is 30.8 Å². The highest BCUT2D eigenvalue weighted by molar-refractivity contribution is 5.97. The molecule has 2 rings (SSSR count). The van der Waals surface area contributed by atoms with Crippen molar-refractivity contribution in [2.45, 2.75) is 32.7 Å². The number of aryl methyl sites for hydroxylation is 1. The van der Waals surface area contributed by atoms with Gasteiger partial charge in [-0.2, -0.15) is 0 Å². The van der Waals surface area contributed by atoms with Gasteiger partial charge in [-0.25, -0.2) is 9.97 Å². The molecular weight excluding hydrogens is 232 g/mol. The molecule has 0 aliphatic carbocycles. The molecule has 2 amide bonds. The molecule has 1 aromatic heterocycles. The van der Waals surface area contributed by atoms with Crippen LogP contribution in [0.5, 0.6) is 0 Å². The molecule has 6 nitrogen and oxygen atoms in total. The zero-order valence-electron chi connectivity index (χ0n) is 10.6. The average molecular weight is 248 g/mol. The third-order valence-corrected chi connectivity index (χ3v) is 2.84. The predicted molar refractivity (Wildman–Crippen MR) is 65.7 cm³/mol. The van der Waals surface area contributed by atoms with Gasteiger partial charge in [0.2, 0.25) is 11.8 Å². The van der Waals surface area contributed by atoms with Crippen LogP contribution in [0.3, 0.4) is 0 Å². The fraction of sp³-hybridized carbons (Fsp3) is 0.500. The number of rotatable bonds is 3. The van der Waals surface area contributed by atoms with Gasteiger partial charge in [0, 0.05) is 31.6 Å². The van der Waals surface area contributed by atoms with Crippen LogP contribution in [0.25, 0.3) is 0 Å². The van der Waals surface area contributed by atoms with E-state index in [9.17, 15) is 9.59 Å². The van der Waals surface area contributed by atoms with E-state index in [4.69, 9.17) is 0 Å². The summed E-state index contributed by atoms with van der Waals surface area (Å²) in [7, 11) is 1.77. The number of carbonyl (C=O) groups excluding carboxylic acids is 2. The number of piperidine rings is 1. The van der Waals surface area contributed by atoms with Gasteiger partial charge in [-0.1, -0.05) is 0 Å². The summed E-state index contributed by atoms with van der Waals surface area (Å²) in [5.74, 6) is 0.905. The maximum absolute atomic E-state index is 11.7. The lowest BCUT2D eigenvalue weighted by molar-refractivity contribution is -0.148. The summed E-state index contributed by atoms with van der Waals surface area (Å²) in [5.41, 5.74) is 0.807. The largest absolute Gasteiger partial charge is 0.373 e. The van der Waals surface area contributed by atoms with E-state index < -0.39 is 0 Å². The fourth-order valence-electron chi connectivity index (χ4n) is 1.95. The second-order valence-electron chi connectivity index (χ2n) is 4.29. The lowest BCUT2D eigenvalue weighted by Gasteiger charge is -2.24. The highest BCUT2D eigenvalue weighted by Crippen LogP contribution is 2.15. The zero-order chi connectivity index (χ0) is 13.1. The van der Waals surface area contributed by atoms with Gasteiger partial charge < -0.3 is 5.32 Å². The van der Waals surface area contributed by atoms with Crippen molar-refractivity contribution in [2.75, 3.05) is 12.4 Å². The summed E-state index contributed by atoms with van der Waals surface area (Å²) in [5, 5.41) is 2.93. The molecule has 1 fully saturated rings. The summed E-state index contributed by atoms with van der Waals surface area (Å²) < 4.78 is 0. The van der Waals surface area contributed by atoms with Gasteiger partial charge in [0.1, 0.15) is 5.82 Å². The quantitative estimate of drug-likeness (QED) is 0.803. The summed E-state index contributed by atoms with van der Waals surface area (Å²) >= 11 is 0. The van der Waals surface area contributed by atoms with E-state index in [0.29, 0.717) is 30.9 Å². The number of imide groups is 1. The number of amides is 2. The van der Waals surface area contributed by atoms with Gasteiger partial charge in [0.25, 0.3) is 0 Å². The van der Waals surface area contributed by atoms with Crippen molar-refractivity contribution in [3.05, 3.63) is 17.6 Å². The van der Waals surface area contributed by atoms with Crippen LogP contribution in [0.4, 0.5) is 5.82 Å². The first-order chi connectivity index (χ1) is 8.60. The Labute approximate surface area is 105 Å². The van der Waals surface area contributed by atoms with Crippen LogP contribution in [0.15, 0.2) is 6.07 Å². The van der Waals surface area contributed by atoms with E-state index in [1.165, 1.54) is 4.90 Å². The Morgan fingerprint density at radius 3 is 2.56 bits per heavy atom. The Hall–Kier alpha value is -1.98. The first-order valence-electron chi connectivity index (χ1n) is 5.95. The highest BCUT2D eigenvalue weighted by Gasteiger charge is 2.26. The predicted octanol–water partition coefficient (Wildman–Crippen LogP) is 0.866. The normalized spacial score (nSPS) is 16.0. The number of anilines is 1. The standard InChI is InChI=1S/C12H16N4O2/c1-8-6-9(13-2)15-10(14-8)7-16-11(17)4-3-5-12(16)18/h6H,3-5,7H2,1-2H3,(H,13,14,15). The maximum Gasteiger partial charge on any atom is 0.229 e. The summed E-state index contributed by atoms with van der Waals surface area (Å²) in [6.07, 6.45) is 1.50. The Bertz CT molecular complexity index is 471. The molecule has 0 bridgehead atoms. The molecule has 1 saturated heterocycles. The zero-order valence-corrected chi connectivity index (χ0v) is 10.6.